The second-order valence-corrected chi connectivity index (χ2v) is 5.91. The van der Waals surface area contributed by atoms with Crippen molar-refractivity contribution in [2.45, 2.75) is 57.8 Å². The van der Waals surface area contributed by atoms with Crippen LogP contribution in [0.3, 0.4) is 0 Å². The van der Waals surface area contributed by atoms with Crippen molar-refractivity contribution in [3.8, 4) is 0 Å². The van der Waals surface area contributed by atoms with Crippen LogP contribution in [0.5, 0.6) is 0 Å². The third-order valence-corrected chi connectivity index (χ3v) is 4.08. The molecule has 23 heavy (non-hydrogen) atoms. The summed E-state index contributed by atoms with van der Waals surface area (Å²) in [7, 11) is 0. The average molecular weight is 334 g/mol. The summed E-state index contributed by atoms with van der Waals surface area (Å²) in [6, 6.07) is 0.715. The third-order valence-electron chi connectivity index (χ3n) is 4.08. The van der Waals surface area contributed by atoms with Crippen LogP contribution in [0, 0.1) is 0 Å². The van der Waals surface area contributed by atoms with Crippen molar-refractivity contribution in [2.75, 3.05) is 13.1 Å². The van der Waals surface area contributed by atoms with Gasteiger partial charge < -0.3 is 9.84 Å². The van der Waals surface area contributed by atoms with Crippen LogP contribution in [0.25, 0.3) is 0 Å². The number of carbonyl (C=O) groups excluding carboxylic acids is 1. The van der Waals surface area contributed by atoms with Crippen LogP contribution < -0.4 is 5.32 Å². The van der Waals surface area contributed by atoms with Crippen LogP contribution in [0.2, 0.25) is 0 Å². The first-order valence-corrected chi connectivity index (χ1v) is 7.69. The molecule has 2 rings (SSSR count). The largest absolute Gasteiger partial charge is 0.471 e. The molecule has 1 saturated heterocycles. The number of halogens is 3. The first-order valence-electron chi connectivity index (χ1n) is 7.69. The number of likely N-dealkylation sites (tertiary alicyclic amines) is 1. The minimum atomic E-state index is -4.64. The molecule has 0 aromatic carbocycles. The Balaban J connectivity index is 1.75. The smallest absolute Gasteiger partial charge is 0.355 e. The Hall–Kier alpha value is -1.64. The SMILES string of the molecule is C[C@@H]1CCC[C@H](C)N1CC(=O)NCCc1noc(C(F)(F)F)n1. The van der Waals surface area contributed by atoms with Crippen LogP contribution in [0.15, 0.2) is 4.52 Å². The fourth-order valence-electron chi connectivity index (χ4n) is 2.79. The van der Waals surface area contributed by atoms with Gasteiger partial charge in [0.05, 0.1) is 6.54 Å². The molecule has 1 N–H and O–H groups in total. The maximum absolute atomic E-state index is 12.3. The van der Waals surface area contributed by atoms with Crippen LogP contribution in [-0.2, 0) is 17.4 Å². The molecule has 0 spiro atoms. The summed E-state index contributed by atoms with van der Waals surface area (Å²) in [6.45, 7) is 4.66. The van der Waals surface area contributed by atoms with E-state index in [-0.39, 0.29) is 24.7 Å². The molecule has 1 aromatic heterocycles. The zero-order valence-electron chi connectivity index (χ0n) is 13.2. The minimum Gasteiger partial charge on any atom is -0.355 e. The molecular weight excluding hydrogens is 313 g/mol. The normalized spacial score (nSPS) is 23.0. The number of piperidine rings is 1. The predicted octanol–water partition coefficient (Wildman–Crippen LogP) is 2.01. The molecule has 0 radical (unpaired) electrons. The molecule has 1 aliphatic rings. The van der Waals surface area contributed by atoms with Crippen molar-refractivity contribution in [2.24, 2.45) is 0 Å². The average Bonchev–Trinajstić information content (AvgIpc) is 2.92. The van der Waals surface area contributed by atoms with E-state index in [0.29, 0.717) is 18.6 Å². The lowest BCUT2D eigenvalue weighted by Gasteiger charge is -2.38. The van der Waals surface area contributed by atoms with E-state index >= 15 is 0 Å². The van der Waals surface area contributed by atoms with E-state index in [4.69, 9.17) is 0 Å². The highest BCUT2D eigenvalue weighted by Crippen LogP contribution is 2.27. The van der Waals surface area contributed by atoms with Gasteiger partial charge in [0.2, 0.25) is 5.91 Å². The molecule has 1 aliphatic heterocycles. The fourth-order valence-corrected chi connectivity index (χ4v) is 2.79. The molecule has 2 heterocycles. The summed E-state index contributed by atoms with van der Waals surface area (Å²) >= 11 is 0. The van der Waals surface area contributed by atoms with Crippen molar-refractivity contribution in [3.63, 3.8) is 0 Å². The maximum Gasteiger partial charge on any atom is 0.471 e. The van der Waals surface area contributed by atoms with Gasteiger partial charge >= 0.3 is 12.1 Å². The number of nitrogens with one attached hydrogen (secondary N) is 1. The Labute approximate surface area is 132 Å². The van der Waals surface area contributed by atoms with Crippen LogP contribution in [0.4, 0.5) is 13.2 Å². The zero-order chi connectivity index (χ0) is 17.0. The van der Waals surface area contributed by atoms with Crippen molar-refractivity contribution in [3.05, 3.63) is 11.7 Å². The Morgan fingerprint density at radius 3 is 2.57 bits per heavy atom. The predicted molar refractivity (Wildman–Crippen MR) is 75.5 cm³/mol. The Morgan fingerprint density at radius 2 is 2.00 bits per heavy atom. The molecule has 0 unspecified atom stereocenters. The molecular formula is C14H21F3N4O2. The second kappa shape index (κ2) is 7.29. The molecule has 0 aliphatic carbocycles. The number of hydrogen-bond acceptors (Lipinski definition) is 5. The van der Waals surface area contributed by atoms with Crippen LogP contribution in [-0.4, -0.2) is 46.1 Å². The van der Waals surface area contributed by atoms with Gasteiger partial charge in [0.15, 0.2) is 5.82 Å². The summed E-state index contributed by atoms with van der Waals surface area (Å²) in [5.74, 6) is -1.59. The molecule has 2 atom stereocenters. The van der Waals surface area contributed by atoms with Gasteiger partial charge in [-0.3, -0.25) is 9.69 Å². The quantitative estimate of drug-likeness (QED) is 0.892. The van der Waals surface area contributed by atoms with Gasteiger partial charge in [-0.1, -0.05) is 11.6 Å². The summed E-state index contributed by atoms with van der Waals surface area (Å²) in [5, 5.41) is 5.94. The minimum absolute atomic E-state index is 0.0719. The van der Waals surface area contributed by atoms with E-state index in [1.54, 1.807) is 0 Å². The van der Waals surface area contributed by atoms with Crippen molar-refractivity contribution < 1.29 is 22.5 Å². The highest BCUT2D eigenvalue weighted by Gasteiger charge is 2.38. The van der Waals surface area contributed by atoms with Gasteiger partial charge in [0, 0.05) is 25.0 Å². The van der Waals surface area contributed by atoms with Crippen molar-refractivity contribution in [1.82, 2.24) is 20.4 Å². The van der Waals surface area contributed by atoms with Gasteiger partial charge in [-0.25, -0.2) is 0 Å². The number of carbonyl (C=O) groups is 1. The lowest BCUT2D eigenvalue weighted by atomic mass is 9.97. The molecule has 0 bridgehead atoms. The molecule has 0 saturated carbocycles. The molecule has 1 fully saturated rings. The number of rotatable bonds is 5. The lowest BCUT2D eigenvalue weighted by Crippen LogP contribution is -2.48. The van der Waals surface area contributed by atoms with Gasteiger partial charge in [0.25, 0.3) is 0 Å². The first kappa shape index (κ1) is 17.7. The monoisotopic (exact) mass is 334 g/mol. The first-order chi connectivity index (χ1) is 10.8. The Bertz CT molecular complexity index is 522. The van der Waals surface area contributed by atoms with E-state index < -0.39 is 12.1 Å². The van der Waals surface area contributed by atoms with Gasteiger partial charge in [-0.05, 0) is 26.7 Å². The molecule has 6 nitrogen and oxygen atoms in total. The summed E-state index contributed by atoms with van der Waals surface area (Å²) < 4.78 is 41.1. The van der Waals surface area contributed by atoms with E-state index in [1.165, 1.54) is 6.42 Å². The van der Waals surface area contributed by atoms with E-state index in [0.717, 1.165) is 12.8 Å². The van der Waals surface area contributed by atoms with Crippen molar-refractivity contribution in [1.29, 1.82) is 0 Å². The number of hydrogen-bond donors (Lipinski definition) is 1. The summed E-state index contributed by atoms with van der Waals surface area (Å²) in [5.41, 5.74) is 0. The standard InChI is InChI=1S/C14H21F3N4O2/c1-9-4-3-5-10(2)21(9)8-12(22)18-7-6-11-19-13(23-20-11)14(15,16)17/h9-10H,3-8H2,1-2H3,(H,18,22)/t9-,10+. The third kappa shape index (κ3) is 4.92. The Kier molecular flexibility index (Phi) is 5.61. The summed E-state index contributed by atoms with van der Waals surface area (Å²) in [4.78, 5) is 17.4. The number of nitrogens with zero attached hydrogens (tertiary/aromatic N) is 3. The zero-order valence-corrected chi connectivity index (χ0v) is 13.2. The lowest BCUT2D eigenvalue weighted by molar-refractivity contribution is -0.159. The molecule has 130 valence electrons. The highest BCUT2D eigenvalue weighted by molar-refractivity contribution is 5.78. The Morgan fingerprint density at radius 1 is 1.35 bits per heavy atom. The van der Waals surface area contributed by atoms with Crippen LogP contribution >= 0.6 is 0 Å². The molecule has 1 amide bonds. The van der Waals surface area contributed by atoms with Gasteiger partial charge in [-0.15, -0.1) is 0 Å². The number of aromatic nitrogens is 2. The van der Waals surface area contributed by atoms with Crippen LogP contribution in [0.1, 0.15) is 44.8 Å². The highest BCUT2D eigenvalue weighted by atomic mass is 19.4. The number of alkyl halides is 3. The fraction of sp³-hybridized carbons (Fsp3) is 0.786. The second-order valence-electron chi connectivity index (χ2n) is 5.91. The summed E-state index contributed by atoms with van der Waals surface area (Å²) in [6.07, 6.45) is -1.24. The van der Waals surface area contributed by atoms with E-state index in [1.807, 2.05) is 0 Å². The maximum atomic E-state index is 12.3. The van der Waals surface area contributed by atoms with Crippen molar-refractivity contribution >= 4 is 5.91 Å². The molecule has 9 heteroatoms. The van der Waals surface area contributed by atoms with E-state index in [9.17, 15) is 18.0 Å². The van der Waals surface area contributed by atoms with E-state index in [2.05, 4.69) is 38.7 Å². The topological polar surface area (TPSA) is 71.3 Å². The van der Waals surface area contributed by atoms with Gasteiger partial charge in [-0.2, -0.15) is 18.2 Å². The number of amides is 1. The van der Waals surface area contributed by atoms with Gasteiger partial charge in [0.1, 0.15) is 0 Å². The molecule has 1 aromatic rings.